The summed E-state index contributed by atoms with van der Waals surface area (Å²) in [6.45, 7) is 3.92. The molecule has 2 aromatic rings. The number of piperidine rings is 1. The van der Waals surface area contributed by atoms with E-state index in [0.29, 0.717) is 19.4 Å². The normalized spacial score (nSPS) is 20.3. The quantitative estimate of drug-likeness (QED) is 0.524. The summed E-state index contributed by atoms with van der Waals surface area (Å²) in [5, 5.41) is 8.60. The summed E-state index contributed by atoms with van der Waals surface area (Å²) in [6.07, 6.45) is 2.46. The van der Waals surface area contributed by atoms with Gasteiger partial charge in [0.2, 0.25) is 11.8 Å². The lowest BCUT2D eigenvalue weighted by Gasteiger charge is -2.40. The van der Waals surface area contributed by atoms with E-state index in [4.69, 9.17) is 10.5 Å². The van der Waals surface area contributed by atoms with E-state index in [9.17, 15) is 14.4 Å². The van der Waals surface area contributed by atoms with Crippen molar-refractivity contribution in [3.05, 3.63) is 66.0 Å². The van der Waals surface area contributed by atoms with Crippen molar-refractivity contribution in [1.82, 2.24) is 20.2 Å². The van der Waals surface area contributed by atoms with Gasteiger partial charge in [0.1, 0.15) is 11.5 Å². The van der Waals surface area contributed by atoms with Crippen molar-refractivity contribution in [2.75, 3.05) is 26.7 Å². The molecule has 1 saturated heterocycles. The smallest absolute Gasteiger partial charge is 0.256 e. The molecule has 10 nitrogen and oxygen atoms in total. The van der Waals surface area contributed by atoms with Crippen LogP contribution in [0.5, 0.6) is 0 Å². The first-order valence-electron chi connectivity index (χ1n) is 12.4. The lowest BCUT2D eigenvalue weighted by molar-refractivity contribution is -0.143. The largest absolute Gasteiger partial charge is 0.374 e. The molecule has 0 radical (unpaired) electrons. The number of carbonyl (C=O) groups is 3. The number of carbonyl (C=O) groups excluding carboxylic acids is 3. The van der Waals surface area contributed by atoms with E-state index in [2.05, 4.69) is 15.4 Å². The average Bonchev–Trinajstić information content (AvgIpc) is 3.12. The minimum absolute atomic E-state index is 0.0336. The van der Waals surface area contributed by atoms with Crippen LogP contribution in [-0.4, -0.2) is 76.7 Å². The van der Waals surface area contributed by atoms with Gasteiger partial charge in [-0.25, -0.2) is 5.01 Å². The summed E-state index contributed by atoms with van der Waals surface area (Å²) < 4.78 is 5.84. The Labute approximate surface area is 216 Å². The maximum Gasteiger partial charge on any atom is 0.256 e. The second kappa shape index (κ2) is 10.8. The van der Waals surface area contributed by atoms with Crippen molar-refractivity contribution in [3.63, 3.8) is 0 Å². The zero-order valence-electron chi connectivity index (χ0n) is 21.5. The fourth-order valence-corrected chi connectivity index (χ4v) is 4.69. The van der Waals surface area contributed by atoms with E-state index in [0.717, 1.165) is 17.0 Å². The van der Waals surface area contributed by atoms with Gasteiger partial charge in [-0.1, -0.05) is 36.4 Å². The highest BCUT2D eigenvalue weighted by atomic mass is 16.5. The number of benzene rings is 1. The summed E-state index contributed by atoms with van der Waals surface area (Å²) in [5.41, 5.74) is 6.26. The van der Waals surface area contributed by atoms with E-state index in [1.54, 1.807) is 32.0 Å². The van der Waals surface area contributed by atoms with E-state index in [1.807, 2.05) is 48.5 Å². The third-order valence-electron chi connectivity index (χ3n) is 6.71. The molecule has 1 aromatic carbocycles. The number of nitrogens with two attached hydrogens (primary N) is 1. The molecule has 3 N–H and O–H groups in total. The predicted molar refractivity (Wildman–Crippen MR) is 138 cm³/mol. The molecule has 196 valence electrons. The lowest BCUT2D eigenvalue weighted by atomic mass is 9.74. The average molecular weight is 507 g/mol. The van der Waals surface area contributed by atoms with Gasteiger partial charge in [0.05, 0.1) is 24.5 Å². The highest BCUT2D eigenvalue weighted by Crippen LogP contribution is 2.38. The van der Waals surface area contributed by atoms with Crippen molar-refractivity contribution in [1.29, 1.82) is 0 Å². The number of hydrazone groups is 1. The first-order valence-corrected chi connectivity index (χ1v) is 12.4. The Morgan fingerprint density at radius 3 is 2.59 bits per heavy atom. The van der Waals surface area contributed by atoms with Crippen LogP contribution in [0.2, 0.25) is 0 Å². The molecule has 0 saturated carbocycles. The molecule has 1 aromatic heterocycles. The number of nitrogens with one attached hydrogen (secondary N) is 1. The minimum atomic E-state index is -1.18. The number of aromatic nitrogens is 1. The second-order valence-electron chi connectivity index (χ2n) is 10.2. The predicted octanol–water partition coefficient (Wildman–Crippen LogP) is 1.11. The van der Waals surface area contributed by atoms with Gasteiger partial charge in [-0.05, 0) is 31.5 Å². The van der Waals surface area contributed by atoms with E-state index in [-0.39, 0.29) is 31.6 Å². The van der Waals surface area contributed by atoms with E-state index >= 15 is 0 Å². The van der Waals surface area contributed by atoms with Crippen molar-refractivity contribution in [3.8, 4) is 0 Å². The van der Waals surface area contributed by atoms with Crippen LogP contribution >= 0.6 is 0 Å². The molecule has 2 atom stereocenters. The minimum Gasteiger partial charge on any atom is -0.374 e. The first kappa shape index (κ1) is 26.4. The Kier molecular flexibility index (Phi) is 7.70. The van der Waals surface area contributed by atoms with Crippen molar-refractivity contribution in [2.24, 2.45) is 16.3 Å². The second-order valence-corrected chi connectivity index (χ2v) is 10.2. The van der Waals surface area contributed by atoms with E-state index in [1.165, 1.54) is 5.01 Å². The molecule has 1 fully saturated rings. The van der Waals surface area contributed by atoms with Crippen LogP contribution in [0.3, 0.4) is 0 Å². The number of hydrogen-bond donors (Lipinski definition) is 2. The van der Waals surface area contributed by atoms with E-state index < -0.39 is 22.9 Å². The summed E-state index contributed by atoms with van der Waals surface area (Å²) in [6, 6.07) is 14.2. The molecule has 37 heavy (non-hydrogen) atoms. The zero-order valence-corrected chi connectivity index (χ0v) is 21.5. The van der Waals surface area contributed by atoms with Crippen LogP contribution in [-0.2, 0) is 32.1 Å². The monoisotopic (exact) mass is 506 g/mol. The number of ether oxygens (including phenoxy) is 1. The van der Waals surface area contributed by atoms with Crippen LogP contribution in [0.25, 0.3) is 0 Å². The number of hydrogen-bond acceptors (Lipinski definition) is 7. The Morgan fingerprint density at radius 1 is 1.19 bits per heavy atom. The van der Waals surface area contributed by atoms with Crippen LogP contribution in [0, 0.1) is 5.41 Å². The lowest BCUT2D eigenvalue weighted by Crippen LogP contribution is -2.61. The number of rotatable bonds is 9. The van der Waals surface area contributed by atoms with Crippen molar-refractivity contribution < 1.29 is 19.1 Å². The number of likely N-dealkylation sites (tertiary alicyclic amines) is 1. The van der Waals surface area contributed by atoms with Crippen LogP contribution in [0.4, 0.5) is 0 Å². The Balaban J connectivity index is 1.54. The maximum absolute atomic E-state index is 13.8. The Hall–Kier alpha value is -3.63. The van der Waals surface area contributed by atoms with Gasteiger partial charge < -0.3 is 20.7 Å². The van der Waals surface area contributed by atoms with Gasteiger partial charge in [-0.2, -0.15) is 5.10 Å². The van der Waals surface area contributed by atoms with Gasteiger partial charge in [0.15, 0.2) is 0 Å². The van der Waals surface area contributed by atoms with Gasteiger partial charge in [0, 0.05) is 44.9 Å². The molecule has 3 heterocycles. The molecular weight excluding hydrogens is 472 g/mol. The fraction of sp³-hybridized carbons (Fsp3) is 0.444. The number of fused-ring (bicyclic) bond motifs is 1. The molecular formula is C27H34N6O4. The third kappa shape index (κ3) is 5.86. The van der Waals surface area contributed by atoms with Crippen molar-refractivity contribution in [2.45, 2.75) is 44.9 Å². The SMILES string of the molecule is CN1N=C2CCN(C(=O)[C@@H](COCc3ccccc3)NC(=O)C(C)(C)N)CC2(Cc2ccccn2)C1=O. The molecule has 10 heteroatoms. The number of nitrogens with zero attached hydrogens (tertiary/aromatic N) is 4. The molecule has 2 aliphatic rings. The van der Waals surface area contributed by atoms with Crippen LogP contribution in [0.1, 0.15) is 31.5 Å². The first-order chi connectivity index (χ1) is 17.6. The number of pyridine rings is 1. The molecule has 2 aliphatic heterocycles. The zero-order chi connectivity index (χ0) is 26.6. The Morgan fingerprint density at radius 2 is 1.92 bits per heavy atom. The summed E-state index contributed by atoms with van der Waals surface area (Å²) in [7, 11) is 1.63. The maximum atomic E-state index is 13.8. The fourth-order valence-electron chi connectivity index (χ4n) is 4.69. The third-order valence-corrected chi connectivity index (χ3v) is 6.71. The molecule has 4 rings (SSSR count). The number of amides is 3. The standard InChI is InChI=1S/C27H34N6O4/c1-26(2,28)24(35)30-21(17-37-16-19-9-5-4-6-10-19)23(34)33-14-12-22-27(18-33,25(36)32(3)31-22)15-20-11-7-8-13-29-20/h4-11,13,21H,12,14-18,28H2,1-3H3,(H,30,35)/t21-,27?/m1/s1. The van der Waals surface area contributed by atoms with Gasteiger partial charge in [0.25, 0.3) is 5.91 Å². The van der Waals surface area contributed by atoms with Gasteiger partial charge >= 0.3 is 0 Å². The topological polar surface area (TPSA) is 130 Å². The molecule has 3 amide bonds. The highest BCUT2D eigenvalue weighted by molar-refractivity contribution is 6.13. The molecule has 0 bridgehead atoms. The van der Waals surface area contributed by atoms with Crippen molar-refractivity contribution >= 4 is 23.4 Å². The summed E-state index contributed by atoms with van der Waals surface area (Å²) >= 11 is 0. The molecule has 1 unspecified atom stereocenters. The highest BCUT2D eigenvalue weighted by Gasteiger charge is 2.54. The molecule has 0 aliphatic carbocycles. The molecule has 0 spiro atoms. The summed E-state index contributed by atoms with van der Waals surface area (Å²) in [5.74, 6) is -0.963. The summed E-state index contributed by atoms with van der Waals surface area (Å²) in [4.78, 5) is 45.9. The Bertz CT molecular complexity index is 1160. The van der Waals surface area contributed by atoms with Crippen LogP contribution in [0.15, 0.2) is 59.8 Å². The van der Waals surface area contributed by atoms with Gasteiger partial charge in [-0.15, -0.1) is 0 Å². The van der Waals surface area contributed by atoms with Gasteiger partial charge in [-0.3, -0.25) is 19.4 Å². The van der Waals surface area contributed by atoms with Crippen LogP contribution < -0.4 is 11.1 Å².